The van der Waals surface area contributed by atoms with Crippen LogP contribution in [-0.2, 0) is 9.53 Å². The molecule has 1 saturated carbocycles. The predicted octanol–water partition coefficient (Wildman–Crippen LogP) is 4.31. The molecule has 0 amide bonds. The van der Waals surface area contributed by atoms with Crippen LogP contribution < -0.4 is 0 Å². The van der Waals surface area contributed by atoms with Crippen molar-refractivity contribution in [1.29, 1.82) is 0 Å². The molecule has 0 aromatic carbocycles. The minimum atomic E-state index is -1.23. The minimum absolute atomic E-state index is 0.173. The van der Waals surface area contributed by atoms with E-state index in [-0.39, 0.29) is 5.78 Å². The Balaban J connectivity index is 2.25. The van der Waals surface area contributed by atoms with Gasteiger partial charge in [-0.2, -0.15) is 0 Å². The molecule has 2 nitrogen and oxygen atoms in total. The van der Waals surface area contributed by atoms with Gasteiger partial charge in [0.1, 0.15) is 5.76 Å². The number of ether oxygens (including phenoxy) is 1. The fourth-order valence-corrected chi connectivity index (χ4v) is 5.20. The molecule has 1 fully saturated rings. The Kier molecular flexibility index (Phi) is 3.78. The fraction of sp³-hybridized carbons (Fsp3) is 0.688. The Labute approximate surface area is 117 Å². The Hall–Kier alpha value is -0.833. The van der Waals surface area contributed by atoms with Crippen molar-refractivity contribution in [2.24, 2.45) is 5.92 Å². The molecule has 0 aromatic rings. The summed E-state index contributed by atoms with van der Waals surface area (Å²) in [6, 6.07) is 0. The average molecular weight is 278 g/mol. The number of carbonyl (C=O) groups excluding carboxylic acids is 1. The summed E-state index contributed by atoms with van der Waals surface area (Å²) in [6.45, 7) is 12.0. The van der Waals surface area contributed by atoms with Gasteiger partial charge in [0.05, 0.1) is 14.7 Å². The smallest absolute Gasteiger partial charge is 0.185 e. The monoisotopic (exact) mass is 278 g/mol. The van der Waals surface area contributed by atoms with E-state index in [4.69, 9.17) is 4.74 Å². The second-order valence-corrected chi connectivity index (χ2v) is 12.5. The molecule has 0 aromatic heterocycles. The summed E-state index contributed by atoms with van der Waals surface area (Å²) in [6.07, 6.45) is 7.46. The lowest BCUT2D eigenvalue weighted by atomic mass is 9.87. The highest BCUT2D eigenvalue weighted by molar-refractivity contribution is 6.80. The minimum Gasteiger partial charge on any atom is -0.498 e. The van der Waals surface area contributed by atoms with E-state index in [1.54, 1.807) is 6.08 Å². The van der Waals surface area contributed by atoms with Gasteiger partial charge in [-0.25, -0.2) is 0 Å². The van der Waals surface area contributed by atoms with E-state index >= 15 is 0 Å². The summed E-state index contributed by atoms with van der Waals surface area (Å²) >= 11 is 0. The standard InChI is InChI=1S/C16H26O2Si/c1-6-18-13-9-12(2)14(15(17)10-13)11-16(7-8-16)19(3,4)5/h10-12H,6-9H2,1-5H3/b14-11+. The van der Waals surface area contributed by atoms with Gasteiger partial charge in [0.2, 0.25) is 0 Å². The maximum absolute atomic E-state index is 12.3. The highest BCUT2D eigenvalue weighted by atomic mass is 28.3. The zero-order chi connectivity index (χ0) is 14.3. The molecule has 0 aliphatic heterocycles. The second-order valence-electron chi connectivity index (χ2n) is 7.02. The van der Waals surface area contributed by atoms with Crippen LogP contribution >= 0.6 is 0 Å². The van der Waals surface area contributed by atoms with E-state index in [0.29, 0.717) is 17.6 Å². The molecule has 106 valence electrons. The van der Waals surface area contributed by atoms with E-state index in [1.807, 2.05) is 6.92 Å². The third kappa shape index (κ3) is 2.86. The van der Waals surface area contributed by atoms with Crippen LogP contribution in [0.1, 0.15) is 33.1 Å². The second kappa shape index (κ2) is 4.93. The molecule has 19 heavy (non-hydrogen) atoms. The quantitative estimate of drug-likeness (QED) is 0.565. The number of ketones is 1. The van der Waals surface area contributed by atoms with Crippen molar-refractivity contribution in [1.82, 2.24) is 0 Å². The Morgan fingerprint density at radius 3 is 2.47 bits per heavy atom. The van der Waals surface area contributed by atoms with E-state index in [0.717, 1.165) is 17.8 Å². The van der Waals surface area contributed by atoms with Crippen molar-refractivity contribution < 1.29 is 9.53 Å². The highest BCUT2D eigenvalue weighted by Crippen LogP contribution is 2.62. The molecule has 1 unspecified atom stereocenters. The number of hydrogen-bond acceptors (Lipinski definition) is 2. The zero-order valence-electron chi connectivity index (χ0n) is 12.9. The Bertz CT molecular complexity index is 436. The van der Waals surface area contributed by atoms with Gasteiger partial charge in [-0.05, 0) is 36.3 Å². The molecule has 0 bridgehead atoms. The maximum Gasteiger partial charge on any atom is 0.185 e. The van der Waals surface area contributed by atoms with Crippen LogP contribution in [0.4, 0.5) is 0 Å². The van der Waals surface area contributed by atoms with Gasteiger partial charge < -0.3 is 4.74 Å². The number of rotatable bonds is 4. The van der Waals surface area contributed by atoms with E-state index in [9.17, 15) is 4.79 Å². The first-order valence-electron chi connectivity index (χ1n) is 7.39. The van der Waals surface area contributed by atoms with Crippen LogP contribution in [0.25, 0.3) is 0 Å². The summed E-state index contributed by atoms with van der Waals surface area (Å²) in [4.78, 5) is 12.3. The van der Waals surface area contributed by atoms with Gasteiger partial charge in [-0.15, -0.1) is 0 Å². The molecular formula is C16H26O2Si. The van der Waals surface area contributed by atoms with Crippen LogP contribution in [-0.4, -0.2) is 20.5 Å². The van der Waals surface area contributed by atoms with Crippen LogP contribution in [0.3, 0.4) is 0 Å². The first-order valence-corrected chi connectivity index (χ1v) is 10.9. The van der Waals surface area contributed by atoms with Gasteiger partial charge in [0.25, 0.3) is 0 Å². The summed E-state index contributed by atoms with van der Waals surface area (Å²) in [5.74, 6) is 1.33. The molecule has 1 atom stereocenters. The van der Waals surface area contributed by atoms with Gasteiger partial charge in [0.15, 0.2) is 5.78 Å². The largest absolute Gasteiger partial charge is 0.498 e. The lowest BCUT2D eigenvalue weighted by molar-refractivity contribution is -0.112. The third-order valence-corrected chi connectivity index (χ3v) is 8.29. The van der Waals surface area contributed by atoms with Crippen LogP contribution in [0, 0.1) is 5.92 Å². The van der Waals surface area contributed by atoms with Crippen molar-refractivity contribution in [2.75, 3.05) is 6.61 Å². The van der Waals surface area contributed by atoms with E-state index in [2.05, 4.69) is 32.6 Å². The normalized spacial score (nSPS) is 28.3. The van der Waals surface area contributed by atoms with E-state index < -0.39 is 8.07 Å². The fourth-order valence-electron chi connectivity index (χ4n) is 2.99. The lowest BCUT2D eigenvalue weighted by Gasteiger charge is -2.29. The maximum atomic E-state index is 12.3. The molecule has 2 rings (SSSR count). The molecular weight excluding hydrogens is 252 g/mol. The molecule has 2 aliphatic rings. The van der Waals surface area contributed by atoms with Crippen LogP contribution in [0.2, 0.25) is 24.7 Å². The molecule has 0 spiro atoms. The summed E-state index contributed by atoms with van der Waals surface area (Å²) in [5, 5.41) is 0.378. The van der Waals surface area contributed by atoms with Gasteiger partial charge in [-0.3, -0.25) is 4.79 Å². The molecule has 3 heteroatoms. The van der Waals surface area contributed by atoms with Gasteiger partial charge in [-0.1, -0.05) is 32.6 Å². The Morgan fingerprint density at radius 2 is 2.05 bits per heavy atom. The third-order valence-electron chi connectivity index (χ3n) is 4.66. The molecule has 0 saturated heterocycles. The first-order chi connectivity index (χ1) is 8.79. The topological polar surface area (TPSA) is 26.3 Å². The molecule has 0 heterocycles. The molecule has 2 aliphatic carbocycles. The SMILES string of the molecule is CCOC1=CC(=O)/C(=C/C2([Si](C)(C)C)CC2)C(C)C1. The molecule has 0 radical (unpaired) electrons. The first kappa shape index (κ1) is 14.6. The van der Waals surface area contributed by atoms with Crippen molar-refractivity contribution in [3.63, 3.8) is 0 Å². The molecule has 0 N–H and O–H groups in total. The van der Waals surface area contributed by atoms with Crippen molar-refractivity contribution >= 4 is 13.9 Å². The number of allylic oxidation sites excluding steroid dienone is 4. The zero-order valence-corrected chi connectivity index (χ0v) is 13.9. The van der Waals surface area contributed by atoms with Crippen LogP contribution in [0.5, 0.6) is 0 Å². The average Bonchev–Trinajstić information content (AvgIpc) is 3.04. The van der Waals surface area contributed by atoms with Gasteiger partial charge in [0, 0.05) is 12.5 Å². The van der Waals surface area contributed by atoms with Crippen LogP contribution in [0.15, 0.2) is 23.5 Å². The predicted molar refractivity (Wildman–Crippen MR) is 81.9 cm³/mol. The Morgan fingerprint density at radius 1 is 1.42 bits per heavy atom. The number of hydrogen-bond donors (Lipinski definition) is 0. The van der Waals surface area contributed by atoms with Crippen molar-refractivity contribution in [2.45, 2.75) is 57.8 Å². The summed E-state index contributed by atoms with van der Waals surface area (Å²) in [5.41, 5.74) is 1.03. The highest BCUT2D eigenvalue weighted by Gasteiger charge is 2.51. The van der Waals surface area contributed by atoms with E-state index in [1.165, 1.54) is 12.8 Å². The summed E-state index contributed by atoms with van der Waals surface area (Å²) < 4.78 is 5.51. The van der Waals surface area contributed by atoms with Gasteiger partial charge >= 0.3 is 0 Å². The lowest BCUT2D eigenvalue weighted by Crippen LogP contribution is -2.29. The van der Waals surface area contributed by atoms with Crippen molar-refractivity contribution in [3.05, 3.63) is 23.5 Å². The summed E-state index contributed by atoms with van der Waals surface area (Å²) in [7, 11) is -1.23. The number of carbonyl (C=O) groups is 1. The van der Waals surface area contributed by atoms with Crippen molar-refractivity contribution in [3.8, 4) is 0 Å².